The molecule has 14 rings (SSSR count). The van der Waals surface area contributed by atoms with Crippen molar-refractivity contribution >= 4 is 49.6 Å². The first-order chi connectivity index (χ1) is 33.3. The van der Waals surface area contributed by atoms with Gasteiger partial charge in [0.15, 0.2) is 0 Å². The normalized spacial score (nSPS) is 12.9. The van der Waals surface area contributed by atoms with Gasteiger partial charge in [0.05, 0.1) is 22.1 Å². The Labute approximate surface area is 389 Å². The molecule has 11 aromatic carbocycles. The highest BCUT2D eigenvalue weighted by molar-refractivity contribution is 6.22. The Morgan fingerprint density at radius 3 is 1.51 bits per heavy atom. The molecule has 12 aromatic rings. The number of para-hydroxylation sites is 3. The van der Waals surface area contributed by atoms with Crippen LogP contribution in [-0.2, 0) is 5.41 Å². The van der Waals surface area contributed by atoms with E-state index in [1.54, 1.807) is 0 Å². The molecule has 0 radical (unpaired) electrons. The number of hydrogen-bond donors (Lipinski definition) is 0. The van der Waals surface area contributed by atoms with Gasteiger partial charge in [-0.3, -0.25) is 0 Å². The van der Waals surface area contributed by atoms with Crippen LogP contribution in [0.1, 0.15) is 22.3 Å². The number of aromatic nitrogens is 1. The standard InChI is InChI=1S/C65H42N2/c1-3-20-44(21-4-1)66(62-42-56-52-29-14-18-37-61(52)67(45-22-5-2-6-23-45)64(56)54-30-10-9-28-51(54)62)46-40-38-43(39-41-46)47-24-7-8-25-48(47)53-32-19-36-60-63(53)55-31-13-17-35-59(55)65(60)57-33-15-11-26-49(57)50-27-12-16-34-58(50)65/h1-42H. The number of nitrogens with zero attached hydrogens (tertiary/aromatic N) is 2. The fourth-order valence-electron chi connectivity index (χ4n) is 12.0. The molecule has 0 aliphatic heterocycles. The topological polar surface area (TPSA) is 8.17 Å². The number of anilines is 3. The molecule has 2 aliphatic rings. The Hall–Kier alpha value is -8.72. The van der Waals surface area contributed by atoms with E-state index >= 15 is 0 Å². The maximum atomic E-state index is 2.43. The molecule has 0 unspecified atom stereocenters. The van der Waals surface area contributed by atoms with Crippen LogP contribution in [0.25, 0.3) is 82.8 Å². The molecule has 0 fully saturated rings. The lowest BCUT2D eigenvalue weighted by atomic mass is 9.70. The minimum Gasteiger partial charge on any atom is -0.310 e. The quantitative estimate of drug-likeness (QED) is 0.162. The molecule has 2 heteroatoms. The van der Waals surface area contributed by atoms with E-state index < -0.39 is 5.41 Å². The van der Waals surface area contributed by atoms with Crippen molar-refractivity contribution in [3.8, 4) is 50.2 Å². The van der Waals surface area contributed by atoms with Crippen LogP contribution in [0, 0.1) is 0 Å². The molecule has 0 bridgehead atoms. The van der Waals surface area contributed by atoms with Crippen LogP contribution < -0.4 is 4.90 Å². The van der Waals surface area contributed by atoms with E-state index in [4.69, 9.17) is 0 Å². The number of benzene rings is 11. The Morgan fingerprint density at radius 2 is 0.806 bits per heavy atom. The highest BCUT2D eigenvalue weighted by atomic mass is 15.1. The molecule has 1 aromatic heterocycles. The van der Waals surface area contributed by atoms with Crippen molar-refractivity contribution in [1.82, 2.24) is 4.57 Å². The second kappa shape index (κ2) is 14.7. The van der Waals surface area contributed by atoms with Gasteiger partial charge >= 0.3 is 0 Å². The van der Waals surface area contributed by atoms with E-state index in [1.165, 1.54) is 99.3 Å². The average molecular weight is 851 g/mol. The van der Waals surface area contributed by atoms with Gasteiger partial charge < -0.3 is 9.47 Å². The molecular weight excluding hydrogens is 809 g/mol. The van der Waals surface area contributed by atoms with Crippen LogP contribution >= 0.6 is 0 Å². The Balaban J connectivity index is 0.940. The van der Waals surface area contributed by atoms with Crippen molar-refractivity contribution in [1.29, 1.82) is 0 Å². The molecule has 0 atom stereocenters. The molecule has 1 spiro atoms. The third-order valence-electron chi connectivity index (χ3n) is 14.6. The summed E-state index contributed by atoms with van der Waals surface area (Å²) in [5.74, 6) is 0. The maximum absolute atomic E-state index is 2.43. The smallest absolute Gasteiger partial charge is 0.0725 e. The van der Waals surface area contributed by atoms with Gasteiger partial charge in [0, 0.05) is 38.6 Å². The van der Waals surface area contributed by atoms with E-state index in [0.29, 0.717) is 0 Å². The fourth-order valence-corrected chi connectivity index (χ4v) is 12.0. The van der Waals surface area contributed by atoms with Crippen molar-refractivity contribution in [3.05, 3.63) is 277 Å². The predicted molar refractivity (Wildman–Crippen MR) is 280 cm³/mol. The molecule has 312 valence electrons. The van der Waals surface area contributed by atoms with E-state index in [2.05, 4.69) is 264 Å². The van der Waals surface area contributed by atoms with Gasteiger partial charge in [-0.05, 0) is 115 Å². The SMILES string of the molecule is c1ccc(N(c2ccc(-c3ccccc3-c3cccc4c3-c3ccccc3C43c4ccccc4-c4ccccc43)cc2)c2cc3c4ccccc4n(-c4ccccc4)c3c3ccccc23)cc1. The molecule has 2 nitrogen and oxygen atoms in total. The Bertz CT molecular complexity index is 3870. The summed E-state index contributed by atoms with van der Waals surface area (Å²) < 4.78 is 2.43. The Morgan fingerprint density at radius 1 is 0.313 bits per heavy atom. The lowest BCUT2D eigenvalue weighted by molar-refractivity contribution is 0.794. The molecule has 0 amide bonds. The van der Waals surface area contributed by atoms with Gasteiger partial charge in [-0.1, -0.05) is 206 Å². The summed E-state index contributed by atoms with van der Waals surface area (Å²) >= 11 is 0. The second-order valence-corrected chi connectivity index (χ2v) is 17.9. The number of fused-ring (bicyclic) bond motifs is 15. The van der Waals surface area contributed by atoms with Gasteiger partial charge in [-0.25, -0.2) is 0 Å². The minimum absolute atomic E-state index is 0.393. The maximum Gasteiger partial charge on any atom is 0.0725 e. The molecule has 2 aliphatic carbocycles. The zero-order valence-corrected chi connectivity index (χ0v) is 36.6. The van der Waals surface area contributed by atoms with Crippen molar-refractivity contribution in [2.24, 2.45) is 0 Å². The van der Waals surface area contributed by atoms with Crippen molar-refractivity contribution < 1.29 is 0 Å². The van der Waals surface area contributed by atoms with Crippen molar-refractivity contribution in [3.63, 3.8) is 0 Å². The molecule has 0 saturated carbocycles. The van der Waals surface area contributed by atoms with Gasteiger partial charge in [0.1, 0.15) is 0 Å². The van der Waals surface area contributed by atoms with Crippen LogP contribution in [0.15, 0.2) is 255 Å². The van der Waals surface area contributed by atoms with Crippen molar-refractivity contribution in [2.75, 3.05) is 4.90 Å². The molecule has 0 saturated heterocycles. The summed E-state index contributed by atoms with van der Waals surface area (Å²) in [6.45, 7) is 0. The van der Waals surface area contributed by atoms with Gasteiger partial charge in [0.25, 0.3) is 0 Å². The molecule has 67 heavy (non-hydrogen) atoms. The minimum atomic E-state index is -0.393. The number of rotatable bonds is 6. The van der Waals surface area contributed by atoms with Crippen LogP contribution in [0.2, 0.25) is 0 Å². The molecular formula is C65H42N2. The fraction of sp³-hybridized carbons (Fsp3) is 0.0154. The van der Waals surface area contributed by atoms with E-state index in [0.717, 1.165) is 22.7 Å². The van der Waals surface area contributed by atoms with E-state index in [1.807, 2.05) is 0 Å². The third-order valence-corrected chi connectivity index (χ3v) is 14.6. The highest BCUT2D eigenvalue weighted by Crippen LogP contribution is 2.64. The van der Waals surface area contributed by atoms with Gasteiger partial charge in [-0.2, -0.15) is 0 Å². The first-order valence-corrected chi connectivity index (χ1v) is 23.3. The lowest BCUT2D eigenvalue weighted by Gasteiger charge is -2.30. The summed E-state index contributed by atoms with van der Waals surface area (Å²) in [4.78, 5) is 2.43. The summed E-state index contributed by atoms with van der Waals surface area (Å²) in [6, 6.07) is 94.1. The average Bonchev–Trinajstić information content (AvgIpc) is 4.02. The summed E-state index contributed by atoms with van der Waals surface area (Å²) in [6.07, 6.45) is 0. The van der Waals surface area contributed by atoms with Crippen LogP contribution in [-0.4, -0.2) is 4.57 Å². The summed E-state index contributed by atoms with van der Waals surface area (Å²) in [5, 5.41) is 4.86. The first-order valence-electron chi connectivity index (χ1n) is 23.3. The molecule has 1 heterocycles. The van der Waals surface area contributed by atoms with Crippen LogP contribution in [0.5, 0.6) is 0 Å². The van der Waals surface area contributed by atoms with Gasteiger partial charge in [-0.15, -0.1) is 0 Å². The van der Waals surface area contributed by atoms with Crippen LogP contribution in [0.4, 0.5) is 17.1 Å². The largest absolute Gasteiger partial charge is 0.310 e. The Kier molecular flexibility index (Phi) is 8.23. The predicted octanol–water partition coefficient (Wildman–Crippen LogP) is 17.1. The van der Waals surface area contributed by atoms with E-state index in [-0.39, 0.29) is 0 Å². The summed E-state index contributed by atoms with van der Waals surface area (Å²) in [7, 11) is 0. The van der Waals surface area contributed by atoms with Crippen molar-refractivity contribution in [2.45, 2.75) is 5.41 Å². The lowest BCUT2D eigenvalue weighted by Crippen LogP contribution is -2.25. The first kappa shape index (κ1) is 37.6. The van der Waals surface area contributed by atoms with E-state index in [9.17, 15) is 0 Å². The molecule has 0 N–H and O–H groups in total. The third kappa shape index (κ3) is 5.33. The van der Waals surface area contributed by atoms with Gasteiger partial charge in [0.2, 0.25) is 0 Å². The van der Waals surface area contributed by atoms with Crippen LogP contribution in [0.3, 0.4) is 0 Å². The number of hydrogen-bond acceptors (Lipinski definition) is 1. The summed E-state index contributed by atoms with van der Waals surface area (Å²) in [5.41, 5.74) is 22.1. The monoisotopic (exact) mass is 850 g/mol. The zero-order valence-electron chi connectivity index (χ0n) is 36.6. The zero-order chi connectivity index (χ0) is 44.1. The second-order valence-electron chi connectivity index (χ2n) is 17.9. The highest BCUT2D eigenvalue weighted by Gasteiger charge is 2.52.